The van der Waals surface area contributed by atoms with Crippen LogP contribution in [-0.2, 0) is 6.61 Å². The lowest BCUT2D eigenvalue weighted by atomic mass is 10.1. The van der Waals surface area contributed by atoms with E-state index in [0.717, 1.165) is 6.92 Å². The van der Waals surface area contributed by atoms with Crippen molar-refractivity contribution in [3.8, 4) is 0 Å². The van der Waals surface area contributed by atoms with Crippen LogP contribution in [0.2, 0.25) is 5.02 Å². The molecule has 1 N–H and O–H groups in total. The maximum absolute atomic E-state index is 13.0. The first-order valence-corrected chi connectivity index (χ1v) is 3.80. The van der Waals surface area contributed by atoms with E-state index in [-0.39, 0.29) is 0 Å². The first kappa shape index (κ1) is 10.3. The topological polar surface area (TPSA) is 20.2 Å². The Morgan fingerprint density at radius 2 is 1.69 bits per heavy atom. The van der Waals surface area contributed by atoms with E-state index in [1.54, 1.807) is 0 Å². The molecule has 0 spiro atoms. The van der Waals surface area contributed by atoms with E-state index in [1.807, 2.05) is 0 Å². The van der Waals surface area contributed by atoms with Crippen molar-refractivity contribution >= 4 is 11.6 Å². The molecule has 1 rings (SSSR count). The zero-order valence-electron chi connectivity index (χ0n) is 6.67. The minimum Gasteiger partial charge on any atom is -0.392 e. The van der Waals surface area contributed by atoms with Crippen LogP contribution in [0.25, 0.3) is 0 Å². The second-order valence-electron chi connectivity index (χ2n) is 2.52. The average molecular weight is 211 g/mol. The van der Waals surface area contributed by atoms with Crippen LogP contribution in [0.4, 0.5) is 13.2 Å². The summed E-state index contributed by atoms with van der Waals surface area (Å²) in [5, 5.41) is 8.01. The van der Waals surface area contributed by atoms with Gasteiger partial charge in [0.05, 0.1) is 11.6 Å². The maximum Gasteiger partial charge on any atom is 0.166 e. The molecule has 1 nitrogen and oxygen atoms in total. The molecule has 0 aliphatic heterocycles. The van der Waals surface area contributed by atoms with Crippen molar-refractivity contribution in [2.45, 2.75) is 13.5 Å². The highest BCUT2D eigenvalue weighted by molar-refractivity contribution is 6.31. The molecule has 0 atom stereocenters. The first-order chi connectivity index (χ1) is 6.00. The second-order valence-corrected chi connectivity index (χ2v) is 2.90. The Balaban J connectivity index is 3.56. The van der Waals surface area contributed by atoms with Gasteiger partial charge in [0.2, 0.25) is 0 Å². The monoisotopic (exact) mass is 210 g/mol. The van der Waals surface area contributed by atoms with E-state index in [2.05, 4.69) is 0 Å². The van der Waals surface area contributed by atoms with Crippen LogP contribution < -0.4 is 0 Å². The van der Waals surface area contributed by atoms with Gasteiger partial charge in [0.25, 0.3) is 0 Å². The fourth-order valence-electron chi connectivity index (χ4n) is 0.926. The molecule has 0 saturated heterocycles. The van der Waals surface area contributed by atoms with Crippen LogP contribution in [0.15, 0.2) is 0 Å². The van der Waals surface area contributed by atoms with Crippen LogP contribution in [0.1, 0.15) is 11.1 Å². The molecule has 0 heterocycles. The Bertz CT molecular complexity index is 323. The van der Waals surface area contributed by atoms with Crippen molar-refractivity contribution in [3.05, 3.63) is 33.6 Å². The molecule has 5 heteroatoms. The fourth-order valence-corrected chi connectivity index (χ4v) is 1.21. The molecule has 72 valence electrons. The van der Waals surface area contributed by atoms with Gasteiger partial charge in [-0.15, -0.1) is 0 Å². The normalized spacial score (nSPS) is 10.6. The number of halogens is 4. The van der Waals surface area contributed by atoms with Gasteiger partial charge in [-0.1, -0.05) is 11.6 Å². The van der Waals surface area contributed by atoms with Gasteiger partial charge in [0, 0.05) is 11.1 Å². The molecule has 0 bridgehead atoms. The van der Waals surface area contributed by atoms with Gasteiger partial charge in [-0.05, 0) is 6.92 Å². The summed E-state index contributed by atoms with van der Waals surface area (Å²) in [5.41, 5.74) is -1.04. The SMILES string of the molecule is Cc1c(F)c(F)c(CO)c(Cl)c1F. The quantitative estimate of drug-likeness (QED) is 0.707. The molecular weight excluding hydrogens is 205 g/mol. The molecule has 0 unspecified atom stereocenters. The Morgan fingerprint density at radius 1 is 1.15 bits per heavy atom. The predicted molar refractivity (Wildman–Crippen MR) is 42.0 cm³/mol. The van der Waals surface area contributed by atoms with Crippen molar-refractivity contribution in [3.63, 3.8) is 0 Å². The lowest BCUT2D eigenvalue weighted by Crippen LogP contribution is -2.02. The van der Waals surface area contributed by atoms with Crippen LogP contribution in [-0.4, -0.2) is 5.11 Å². The van der Waals surface area contributed by atoms with Crippen molar-refractivity contribution in [2.75, 3.05) is 0 Å². The van der Waals surface area contributed by atoms with E-state index >= 15 is 0 Å². The van der Waals surface area contributed by atoms with Crippen molar-refractivity contribution in [1.29, 1.82) is 0 Å². The number of hydrogen-bond donors (Lipinski definition) is 1. The number of rotatable bonds is 1. The summed E-state index contributed by atoms with van der Waals surface area (Å²) in [7, 11) is 0. The van der Waals surface area contributed by atoms with Crippen molar-refractivity contribution in [1.82, 2.24) is 0 Å². The molecular formula is C8H6ClF3O. The van der Waals surface area contributed by atoms with Gasteiger partial charge >= 0.3 is 0 Å². The molecule has 0 aliphatic rings. The van der Waals surface area contributed by atoms with E-state index in [0.29, 0.717) is 0 Å². The summed E-state index contributed by atoms with van der Waals surface area (Å²) in [6.07, 6.45) is 0. The summed E-state index contributed by atoms with van der Waals surface area (Å²) in [6.45, 7) is 0.236. The Morgan fingerprint density at radius 3 is 2.15 bits per heavy atom. The average Bonchev–Trinajstić information content (AvgIpc) is 2.13. The van der Waals surface area contributed by atoms with Crippen LogP contribution in [0.5, 0.6) is 0 Å². The third-order valence-corrected chi connectivity index (χ3v) is 2.13. The zero-order chi connectivity index (χ0) is 10.2. The third kappa shape index (κ3) is 1.51. The predicted octanol–water partition coefficient (Wildman–Crippen LogP) is 2.56. The Labute approximate surface area is 77.8 Å². The first-order valence-electron chi connectivity index (χ1n) is 3.43. The molecule has 1 aromatic carbocycles. The number of aliphatic hydroxyl groups is 1. The lowest BCUT2D eigenvalue weighted by Gasteiger charge is -2.07. The van der Waals surface area contributed by atoms with E-state index < -0.39 is 40.2 Å². The lowest BCUT2D eigenvalue weighted by molar-refractivity contribution is 0.272. The van der Waals surface area contributed by atoms with Crippen molar-refractivity contribution < 1.29 is 18.3 Å². The highest BCUT2D eigenvalue weighted by Gasteiger charge is 2.20. The highest BCUT2D eigenvalue weighted by Crippen LogP contribution is 2.28. The molecule has 0 aliphatic carbocycles. The summed E-state index contributed by atoms with van der Waals surface area (Å²) in [6, 6.07) is 0. The fraction of sp³-hybridized carbons (Fsp3) is 0.250. The Kier molecular flexibility index (Phi) is 2.83. The van der Waals surface area contributed by atoms with E-state index in [4.69, 9.17) is 16.7 Å². The molecule has 0 aromatic heterocycles. The molecule has 0 radical (unpaired) electrons. The zero-order valence-corrected chi connectivity index (χ0v) is 7.42. The Hall–Kier alpha value is -0.740. The minimum absolute atomic E-state index is 0.486. The summed E-state index contributed by atoms with van der Waals surface area (Å²) in [5.74, 6) is -3.65. The van der Waals surface area contributed by atoms with Gasteiger partial charge in [0.1, 0.15) is 5.82 Å². The van der Waals surface area contributed by atoms with E-state index in [9.17, 15) is 13.2 Å². The number of benzene rings is 1. The molecule has 1 aromatic rings. The number of hydrogen-bond acceptors (Lipinski definition) is 1. The largest absolute Gasteiger partial charge is 0.392 e. The number of aliphatic hydroxyl groups excluding tert-OH is 1. The highest BCUT2D eigenvalue weighted by atomic mass is 35.5. The third-order valence-electron chi connectivity index (χ3n) is 1.73. The second kappa shape index (κ2) is 3.55. The summed E-state index contributed by atoms with van der Waals surface area (Å²) < 4.78 is 38.7. The van der Waals surface area contributed by atoms with Gasteiger partial charge in [-0.2, -0.15) is 0 Å². The van der Waals surface area contributed by atoms with Crippen LogP contribution in [0.3, 0.4) is 0 Å². The van der Waals surface area contributed by atoms with Gasteiger partial charge in [0.15, 0.2) is 11.6 Å². The van der Waals surface area contributed by atoms with E-state index in [1.165, 1.54) is 0 Å². The van der Waals surface area contributed by atoms with Crippen molar-refractivity contribution in [2.24, 2.45) is 0 Å². The molecule has 13 heavy (non-hydrogen) atoms. The smallest absolute Gasteiger partial charge is 0.166 e. The van der Waals surface area contributed by atoms with Crippen LogP contribution in [0, 0.1) is 24.4 Å². The molecule has 0 fully saturated rings. The summed E-state index contributed by atoms with van der Waals surface area (Å²) >= 11 is 5.33. The van der Waals surface area contributed by atoms with Gasteiger partial charge in [-0.3, -0.25) is 0 Å². The van der Waals surface area contributed by atoms with Crippen LogP contribution >= 0.6 is 11.6 Å². The molecule has 0 amide bonds. The van der Waals surface area contributed by atoms with Gasteiger partial charge in [-0.25, -0.2) is 13.2 Å². The minimum atomic E-state index is -1.31. The summed E-state index contributed by atoms with van der Waals surface area (Å²) in [4.78, 5) is 0. The standard InChI is InChI=1S/C8H6ClF3O/c1-3-6(10)5(9)4(2-13)8(12)7(3)11/h13H,2H2,1H3. The maximum atomic E-state index is 13.0. The van der Waals surface area contributed by atoms with Gasteiger partial charge < -0.3 is 5.11 Å². The molecule has 0 saturated carbocycles.